The highest BCUT2D eigenvalue weighted by Crippen LogP contribution is 2.22. The van der Waals surface area contributed by atoms with E-state index in [0.717, 1.165) is 10.4 Å². The van der Waals surface area contributed by atoms with Gasteiger partial charge in [0.2, 0.25) is 17.6 Å². The fourth-order valence-electron chi connectivity index (χ4n) is 3.78. The number of nitrogens with zero attached hydrogens (tertiary/aromatic N) is 4. The molecule has 174 valence electrons. The zero-order chi connectivity index (χ0) is 23.4. The average Bonchev–Trinajstić information content (AvgIpc) is 3.50. The van der Waals surface area contributed by atoms with Crippen LogP contribution in [0.3, 0.4) is 0 Å². The number of benzene rings is 1. The van der Waals surface area contributed by atoms with Crippen molar-refractivity contribution in [1.29, 1.82) is 0 Å². The van der Waals surface area contributed by atoms with E-state index in [1.54, 1.807) is 23.5 Å². The van der Waals surface area contributed by atoms with Crippen LogP contribution in [0.4, 0.5) is 0 Å². The number of nitrogens with one attached hydrogen (secondary N) is 1. The third-order valence-electron chi connectivity index (χ3n) is 5.79. The van der Waals surface area contributed by atoms with Crippen molar-refractivity contribution in [2.45, 2.75) is 33.4 Å². The van der Waals surface area contributed by atoms with Crippen LogP contribution >= 0.6 is 11.3 Å². The summed E-state index contributed by atoms with van der Waals surface area (Å²) in [5.41, 5.74) is 1.65. The maximum atomic E-state index is 13.2. The summed E-state index contributed by atoms with van der Waals surface area (Å²) < 4.78 is 5.40. The van der Waals surface area contributed by atoms with Gasteiger partial charge in [-0.2, -0.15) is 4.98 Å². The first-order chi connectivity index (χ1) is 15.9. The van der Waals surface area contributed by atoms with Crippen molar-refractivity contribution in [3.63, 3.8) is 0 Å². The van der Waals surface area contributed by atoms with Gasteiger partial charge in [-0.1, -0.05) is 42.8 Å². The van der Waals surface area contributed by atoms with E-state index < -0.39 is 6.04 Å². The first kappa shape index (κ1) is 23.1. The zero-order valence-corrected chi connectivity index (χ0v) is 20.0. The van der Waals surface area contributed by atoms with Gasteiger partial charge in [-0.3, -0.25) is 14.5 Å². The molecular formula is C24H29N5O3S. The Morgan fingerprint density at radius 2 is 1.85 bits per heavy atom. The summed E-state index contributed by atoms with van der Waals surface area (Å²) in [5, 5.41) is 8.98. The van der Waals surface area contributed by atoms with Crippen LogP contribution in [0.15, 0.2) is 46.3 Å². The number of thiophene rings is 1. The van der Waals surface area contributed by atoms with Crippen molar-refractivity contribution < 1.29 is 14.1 Å². The van der Waals surface area contributed by atoms with Gasteiger partial charge < -0.3 is 14.7 Å². The molecule has 0 radical (unpaired) electrons. The van der Waals surface area contributed by atoms with Gasteiger partial charge in [0.15, 0.2) is 0 Å². The first-order valence-electron chi connectivity index (χ1n) is 11.2. The minimum absolute atomic E-state index is 0.0148. The lowest BCUT2D eigenvalue weighted by Crippen LogP contribution is -2.56. The van der Waals surface area contributed by atoms with Crippen LogP contribution in [0.1, 0.15) is 35.7 Å². The summed E-state index contributed by atoms with van der Waals surface area (Å²) in [6, 6.07) is 10.7. The van der Waals surface area contributed by atoms with Crippen LogP contribution in [-0.2, 0) is 11.3 Å². The lowest BCUT2D eigenvalue weighted by Gasteiger charge is -2.36. The fraction of sp³-hybridized carbons (Fsp3) is 0.417. The van der Waals surface area contributed by atoms with Crippen LogP contribution in [-0.4, -0.2) is 64.0 Å². The molecule has 0 aliphatic carbocycles. The number of amides is 2. The van der Waals surface area contributed by atoms with Gasteiger partial charge in [-0.25, -0.2) is 0 Å². The maximum absolute atomic E-state index is 13.2. The predicted molar refractivity (Wildman–Crippen MR) is 127 cm³/mol. The fourth-order valence-corrected chi connectivity index (χ4v) is 4.43. The number of carbonyl (C=O) groups is 2. The summed E-state index contributed by atoms with van der Waals surface area (Å²) in [6.07, 6.45) is 0. The van der Waals surface area contributed by atoms with Crippen molar-refractivity contribution >= 4 is 23.2 Å². The van der Waals surface area contributed by atoms with Crippen LogP contribution in [0, 0.1) is 12.8 Å². The molecule has 1 atom stereocenters. The SMILES string of the molecule is Cc1ccc(C(=O)NC(C(=O)N2CCN(Cc3nc(-c4cccs4)no3)CC2)C(C)C)cc1. The number of carbonyl (C=O) groups excluding carboxylic acids is 2. The van der Waals surface area contributed by atoms with Gasteiger partial charge in [0.05, 0.1) is 11.4 Å². The Morgan fingerprint density at radius 3 is 2.48 bits per heavy atom. The molecule has 1 aliphatic rings. The third-order valence-corrected chi connectivity index (χ3v) is 6.65. The molecule has 0 bridgehead atoms. The molecule has 8 nitrogen and oxygen atoms in total. The summed E-state index contributed by atoms with van der Waals surface area (Å²) in [7, 11) is 0. The minimum Gasteiger partial charge on any atom is -0.340 e. The van der Waals surface area contributed by atoms with Crippen molar-refractivity contribution in [2.24, 2.45) is 5.92 Å². The standard InChI is InChI=1S/C24H29N5O3S/c1-16(2)21(26-23(30)18-8-6-17(3)7-9-18)24(31)29-12-10-28(11-13-29)15-20-25-22(27-32-20)19-5-4-14-33-19/h4-9,14,16,21H,10-13,15H2,1-3H3,(H,26,30). The van der Waals surface area contributed by atoms with E-state index in [4.69, 9.17) is 4.52 Å². The highest BCUT2D eigenvalue weighted by atomic mass is 32.1. The van der Waals surface area contributed by atoms with Gasteiger partial charge in [-0.15, -0.1) is 11.3 Å². The van der Waals surface area contributed by atoms with Crippen molar-refractivity contribution in [3.05, 3.63) is 58.8 Å². The normalized spacial score (nSPS) is 15.6. The van der Waals surface area contributed by atoms with E-state index >= 15 is 0 Å². The number of aromatic nitrogens is 2. The molecule has 0 saturated carbocycles. The van der Waals surface area contributed by atoms with Gasteiger partial charge in [0.1, 0.15) is 6.04 Å². The molecule has 3 aromatic rings. The first-order valence-corrected chi connectivity index (χ1v) is 12.0. The van der Waals surface area contributed by atoms with E-state index in [-0.39, 0.29) is 17.7 Å². The number of hydrogen-bond acceptors (Lipinski definition) is 7. The van der Waals surface area contributed by atoms with E-state index in [1.807, 2.05) is 55.3 Å². The molecule has 0 spiro atoms. The molecular weight excluding hydrogens is 438 g/mol. The lowest BCUT2D eigenvalue weighted by molar-refractivity contribution is -0.136. The molecule has 9 heteroatoms. The predicted octanol–water partition coefficient (Wildman–Crippen LogP) is 3.21. The summed E-state index contributed by atoms with van der Waals surface area (Å²) in [5.74, 6) is 0.905. The Bertz CT molecular complexity index is 1070. The van der Waals surface area contributed by atoms with Crippen LogP contribution in [0.25, 0.3) is 10.7 Å². The van der Waals surface area contributed by atoms with E-state index in [1.165, 1.54) is 0 Å². The molecule has 1 aliphatic heterocycles. The zero-order valence-electron chi connectivity index (χ0n) is 19.2. The second-order valence-corrected chi connectivity index (χ2v) is 9.60. The Morgan fingerprint density at radius 1 is 1.12 bits per heavy atom. The van der Waals surface area contributed by atoms with Crippen molar-refractivity contribution in [3.8, 4) is 10.7 Å². The van der Waals surface area contributed by atoms with Gasteiger partial charge in [-0.05, 0) is 36.4 Å². The summed E-state index contributed by atoms with van der Waals surface area (Å²) >= 11 is 1.57. The molecule has 33 heavy (non-hydrogen) atoms. The monoisotopic (exact) mass is 467 g/mol. The van der Waals surface area contributed by atoms with Crippen LogP contribution in [0.5, 0.6) is 0 Å². The second-order valence-electron chi connectivity index (χ2n) is 8.65. The number of hydrogen-bond donors (Lipinski definition) is 1. The molecule has 1 saturated heterocycles. The molecule has 3 heterocycles. The van der Waals surface area contributed by atoms with Gasteiger partial charge >= 0.3 is 0 Å². The maximum Gasteiger partial charge on any atom is 0.251 e. The topological polar surface area (TPSA) is 91.6 Å². The smallest absolute Gasteiger partial charge is 0.251 e. The van der Waals surface area contributed by atoms with Gasteiger partial charge in [0, 0.05) is 31.7 Å². The highest BCUT2D eigenvalue weighted by Gasteiger charge is 2.31. The Hall–Kier alpha value is -3.04. The van der Waals surface area contributed by atoms with Gasteiger partial charge in [0.25, 0.3) is 5.91 Å². The molecule has 2 amide bonds. The Labute approximate surface area is 197 Å². The van der Waals surface area contributed by atoms with Crippen LogP contribution < -0.4 is 5.32 Å². The van der Waals surface area contributed by atoms with Crippen molar-refractivity contribution in [1.82, 2.24) is 25.3 Å². The molecule has 1 fully saturated rings. The summed E-state index contributed by atoms with van der Waals surface area (Å²) in [4.78, 5) is 35.4. The summed E-state index contributed by atoms with van der Waals surface area (Å²) in [6.45, 7) is 9.03. The molecule has 2 aromatic heterocycles. The molecule has 1 N–H and O–H groups in total. The Balaban J connectivity index is 1.31. The lowest BCUT2D eigenvalue weighted by atomic mass is 10.0. The minimum atomic E-state index is -0.561. The largest absolute Gasteiger partial charge is 0.340 e. The van der Waals surface area contributed by atoms with E-state index in [2.05, 4.69) is 20.4 Å². The third kappa shape index (κ3) is 5.66. The van der Waals surface area contributed by atoms with E-state index in [9.17, 15) is 9.59 Å². The number of aryl methyl sites for hydroxylation is 1. The average molecular weight is 468 g/mol. The van der Waals surface area contributed by atoms with E-state index in [0.29, 0.717) is 50.0 Å². The van der Waals surface area contributed by atoms with Crippen LogP contribution in [0.2, 0.25) is 0 Å². The number of piperazine rings is 1. The van der Waals surface area contributed by atoms with Crippen molar-refractivity contribution in [2.75, 3.05) is 26.2 Å². The number of rotatable bonds is 7. The quantitative estimate of drug-likeness (QED) is 0.574. The highest BCUT2D eigenvalue weighted by molar-refractivity contribution is 7.13. The molecule has 1 unspecified atom stereocenters. The molecule has 1 aromatic carbocycles. The molecule has 4 rings (SSSR count). The Kier molecular flexibility index (Phi) is 7.20. The second kappa shape index (κ2) is 10.3.